The Bertz CT molecular complexity index is 803. The maximum atomic E-state index is 12.5. The van der Waals surface area contributed by atoms with Gasteiger partial charge in [-0.3, -0.25) is 14.5 Å². The number of ether oxygens (including phenoxy) is 1. The summed E-state index contributed by atoms with van der Waals surface area (Å²) in [7, 11) is 4.28. The highest BCUT2D eigenvalue weighted by molar-refractivity contribution is 6.35. The molecule has 0 spiro atoms. The highest BCUT2D eigenvalue weighted by Crippen LogP contribution is 2.31. The smallest absolute Gasteiger partial charge is 0.309 e. The topological polar surface area (TPSA) is 77.1 Å². The zero-order valence-electron chi connectivity index (χ0n) is 19.4. The van der Waals surface area contributed by atoms with Crippen molar-refractivity contribution in [2.24, 2.45) is 0 Å². The van der Waals surface area contributed by atoms with Gasteiger partial charge in [-0.05, 0) is 49.9 Å². The number of carbonyl (C=O) groups excluding carboxylic acids is 2. The van der Waals surface area contributed by atoms with E-state index in [1.165, 1.54) is 16.8 Å². The Morgan fingerprint density at radius 3 is 2.59 bits per heavy atom. The zero-order valence-corrected chi connectivity index (χ0v) is 19.4. The van der Waals surface area contributed by atoms with Crippen molar-refractivity contribution in [3.8, 4) is 0 Å². The van der Waals surface area contributed by atoms with Crippen molar-refractivity contribution in [1.29, 1.82) is 0 Å². The molecule has 2 fully saturated rings. The highest BCUT2D eigenvalue weighted by atomic mass is 16.5. The normalized spacial score (nSPS) is 22.9. The average molecular weight is 444 g/mol. The molecule has 2 amide bonds. The van der Waals surface area contributed by atoms with E-state index in [0.29, 0.717) is 13.1 Å². The van der Waals surface area contributed by atoms with E-state index >= 15 is 0 Å². The van der Waals surface area contributed by atoms with Crippen molar-refractivity contribution in [3.05, 3.63) is 29.3 Å². The fourth-order valence-electron chi connectivity index (χ4n) is 4.97. The summed E-state index contributed by atoms with van der Waals surface area (Å²) in [6.45, 7) is 6.52. The Kier molecular flexibility index (Phi) is 7.65. The van der Waals surface area contributed by atoms with Crippen molar-refractivity contribution in [1.82, 2.24) is 20.4 Å². The van der Waals surface area contributed by atoms with Gasteiger partial charge in [-0.25, -0.2) is 0 Å². The van der Waals surface area contributed by atoms with Crippen molar-refractivity contribution in [3.63, 3.8) is 0 Å². The van der Waals surface area contributed by atoms with Crippen LogP contribution in [0.2, 0.25) is 0 Å². The number of hydrogen-bond acceptors (Lipinski definition) is 6. The maximum absolute atomic E-state index is 12.5. The quantitative estimate of drug-likeness (QED) is 0.633. The number of rotatable bonds is 6. The van der Waals surface area contributed by atoms with Gasteiger partial charge in [-0.15, -0.1) is 0 Å². The molecule has 176 valence electrons. The van der Waals surface area contributed by atoms with Gasteiger partial charge in [0.25, 0.3) is 0 Å². The van der Waals surface area contributed by atoms with Crippen LogP contribution in [0.3, 0.4) is 0 Å². The maximum Gasteiger partial charge on any atom is 0.309 e. The first-order valence-electron chi connectivity index (χ1n) is 12.0. The average Bonchev–Trinajstić information content (AvgIpc) is 3.32. The lowest BCUT2D eigenvalue weighted by atomic mass is 9.95. The molecule has 3 aliphatic heterocycles. The molecular weight excluding hydrogens is 406 g/mol. The van der Waals surface area contributed by atoms with E-state index in [1.54, 1.807) is 0 Å². The Labute approximate surface area is 191 Å². The molecule has 3 aliphatic rings. The van der Waals surface area contributed by atoms with E-state index in [-0.39, 0.29) is 12.1 Å². The summed E-state index contributed by atoms with van der Waals surface area (Å²) >= 11 is 0. The van der Waals surface area contributed by atoms with Gasteiger partial charge in [0.15, 0.2) is 0 Å². The first-order chi connectivity index (χ1) is 15.5. The first kappa shape index (κ1) is 23.0. The molecular formula is C24H37N5O3. The van der Waals surface area contributed by atoms with E-state index in [2.05, 4.69) is 57.6 Å². The molecule has 8 heteroatoms. The first-order valence-corrected chi connectivity index (χ1v) is 12.0. The molecule has 0 saturated carbocycles. The van der Waals surface area contributed by atoms with Gasteiger partial charge in [-0.2, -0.15) is 0 Å². The largest absolute Gasteiger partial charge is 0.376 e. The summed E-state index contributed by atoms with van der Waals surface area (Å²) in [5.74, 6) is -1.15. The van der Waals surface area contributed by atoms with Crippen LogP contribution in [0.1, 0.15) is 36.4 Å². The molecule has 2 N–H and O–H groups in total. The number of piperazine rings is 1. The summed E-state index contributed by atoms with van der Waals surface area (Å²) in [6.07, 6.45) is 4.21. The van der Waals surface area contributed by atoms with Crippen molar-refractivity contribution in [2.45, 2.75) is 37.8 Å². The molecule has 2 unspecified atom stereocenters. The molecule has 0 radical (unpaired) electrons. The van der Waals surface area contributed by atoms with Gasteiger partial charge in [0.1, 0.15) is 0 Å². The van der Waals surface area contributed by atoms with E-state index in [9.17, 15) is 9.59 Å². The number of likely N-dealkylation sites (N-methyl/N-ethyl adjacent to an activating group) is 1. The van der Waals surface area contributed by atoms with Crippen molar-refractivity contribution < 1.29 is 14.3 Å². The molecule has 1 aromatic carbocycles. The summed E-state index contributed by atoms with van der Waals surface area (Å²) in [4.78, 5) is 31.9. The lowest BCUT2D eigenvalue weighted by Crippen LogP contribution is -2.50. The van der Waals surface area contributed by atoms with Gasteiger partial charge in [0, 0.05) is 65.2 Å². The molecule has 0 bridgehead atoms. The minimum absolute atomic E-state index is 0.0264. The van der Waals surface area contributed by atoms with Gasteiger partial charge in [0.05, 0.1) is 12.1 Å². The SMILES string of the molecule is CN1CCN(C(CNC(=O)C(=O)NCC2CCCO2)c2ccc3c(c2)CCCN3C)CC1. The minimum atomic E-state index is -0.579. The van der Waals surface area contributed by atoms with Gasteiger partial charge >= 0.3 is 11.8 Å². The molecule has 2 atom stereocenters. The Morgan fingerprint density at radius 1 is 1.06 bits per heavy atom. The molecule has 0 aliphatic carbocycles. The van der Waals surface area contributed by atoms with E-state index in [4.69, 9.17) is 4.74 Å². The van der Waals surface area contributed by atoms with Crippen LogP contribution >= 0.6 is 0 Å². The minimum Gasteiger partial charge on any atom is -0.376 e. The molecule has 4 rings (SSSR count). The van der Waals surface area contributed by atoms with Crippen LogP contribution in [0.4, 0.5) is 5.69 Å². The molecule has 0 aromatic heterocycles. The number of hydrogen-bond donors (Lipinski definition) is 2. The number of nitrogens with one attached hydrogen (secondary N) is 2. The van der Waals surface area contributed by atoms with Gasteiger partial charge < -0.3 is 25.2 Å². The van der Waals surface area contributed by atoms with Crippen LogP contribution in [0, 0.1) is 0 Å². The number of carbonyl (C=O) groups is 2. The highest BCUT2D eigenvalue weighted by Gasteiger charge is 2.27. The number of fused-ring (bicyclic) bond motifs is 1. The summed E-state index contributed by atoms with van der Waals surface area (Å²) in [5, 5.41) is 5.61. The van der Waals surface area contributed by atoms with Crippen LogP contribution < -0.4 is 15.5 Å². The van der Waals surface area contributed by atoms with Crippen LogP contribution in [0.25, 0.3) is 0 Å². The number of aryl methyl sites for hydroxylation is 1. The Hall–Kier alpha value is -2.16. The molecule has 1 aromatic rings. The van der Waals surface area contributed by atoms with Crippen LogP contribution in [0.5, 0.6) is 0 Å². The van der Waals surface area contributed by atoms with Gasteiger partial charge in [0.2, 0.25) is 0 Å². The number of anilines is 1. The van der Waals surface area contributed by atoms with Gasteiger partial charge in [-0.1, -0.05) is 12.1 Å². The summed E-state index contributed by atoms with van der Waals surface area (Å²) in [6, 6.07) is 6.75. The second-order valence-corrected chi connectivity index (χ2v) is 9.32. The fourth-order valence-corrected chi connectivity index (χ4v) is 4.97. The van der Waals surface area contributed by atoms with Crippen molar-refractivity contribution in [2.75, 3.05) is 71.4 Å². The third kappa shape index (κ3) is 5.60. The fraction of sp³-hybridized carbons (Fsp3) is 0.667. The summed E-state index contributed by atoms with van der Waals surface area (Å²) < 4.78 is 5.52. The Morgan fingerprint density at radius 2 is 1.84 bits per heavy atom. The predicted molar refractivity (Wildman–Crippen MR) is 125 cm³/mol. The zero-order chi connectivity index (χ0) is 22.5. The lowest BCUT2D eigenvalue weighted by molar-refractivity contribution is -0.139. The van der Waals surface area contributed by atoms with E-state index < -0.39 is 11.8 Å². The predicted octanol–water partition coefficient (Wildman–Crippen LogP) is 0.769. The molecule has 3 heterocycles. The molecule has 8 nitrogen and oxygen atoms in total. The standard InChI is InChI=1S/C24H37N5O3/c1-27-10-12-29(13-11-27)22(19-7-8-21-18(15-19)5-3-9-28(21)2)17-26-24(31)23(30)25-16-20-6-4-14-32-20/h7-8,15,20,22H,3-6,9-14,16-17H2,1-2H3,(H,25,30)(H,26,31). The lowest BCUT2D eigenvalue weighted by Gasteiger charge is -2.39. The third-order valence-corrected chi connectivity index (χ3v) is 6.99. The van der Waals surface area contributed by atoms with E-state index in [0.717, 1.165) is 65.0 Å². The second-order valence-electron chi connectivity index (χ2n) is 9.32. The Balaban J connectivity index is 1.41. The molecule has 2 saturated heterocycles. The van der Waals surface area contributed by atoms with E-state index in [1.807, 2.05) is 0 Å². The van der Waals surface area contributed by atoms with Crippen molar-refractivity contribution >= 4 is 17.5 Å². The summed E-state index contributed by atoms with van der Waals surface area (Å²) in [5.41, 5.74) is 3.88. The third-order valence-electron chi connectivity index (χ3n) is 6.99. The van der Waals surface area contributed by atoms with Crippen LogP contribution in [-0.2, 0) is 20.7 Å². The van der Waals surface area contributed by atoms with Crippen LogP contribution in [-0.4, -0.2) is 94.2 Å². The number of amides is 2. The number of benzene rings is 1. The second kappa shape index (κ2) is 10.6. The number of nitrogens with zero attached hydrogens (tertiary/aromatic N) is 3. The molecule has 32 heavy (non-hydrogen) atoms. The monoisotopic (exact) mass is 443 g/mol. The van der Waals surface area contributed by atoms with Crippen LogP contribution in [0.15, 0.2) is 18.2 Å².